The standard InChI is InChI=1S/C9H11N5O3S/c1-13-10-7-9(12-13)8-2-3-14(11-6-8)4-5-18(15,16)17/h2-3,6-7H,4-5H2,1H3/p+1. The van der Waals surface area contributed by atoms with Crippen molar-refractivity contribution in [3.8, 4) is 11.3 Å². The van der Waals surface area contributed by atoms with Crippen molar-refractivity contribution in [2.75, 3.05) is 5.75 Å². The molecule has 0 bridgehead atoms. The molecule has 18 heavy (non-hydrogen) atoms. The molecule has 2 rings (SSSR count). The summed E-state index contributed by atoms with van der Waals surface area (Å²) in [5, 5.41) is 12.1. The average Bonchev–Trinajstić information content (AvgIpc) is 2.73. The van der Waals surface area contributed by atoms with Crippen LogP contribution in [0.2, 0.25) is 0 Å². The lowest BCUT2D eigenvalue weighted by Gasteiger charge is -1.95. The molecule has 0 aliphatic carbocycles. The molecule has 2 aromatic heterocycles. The summed E-state index contributed by atoms with van der Waals surface area (Å²) in [5.74, 6) is -0.366. The van der Waals surface area contributed by atoms with Gasteiger partial charge < -0.3 is 0 Å². The molecule has 96 valence electrons. The number of aryl methyl sites for hydroxylation is 2. The fourth-order valence-electron chi connectivity index (χ4n) is 1.35. The summed E-state index contributed by atoms with van der Waals surface area (Å²) in [7, 11) is -2.25. The lowest BCUT2D eigenvalue weighted by Crippen LogP contribution is -2.40. The van der Waals surface area contributed by atoms with Gasteiger partial charge in [0, 0.05) is 18.7 Å². The van der Waals surface area contributed by atoms with E-state index in [9.17, 15) is 8.42 Å². The highest BCUT2D eigenvalue weighted by Crippen LogP contribution is 2.11. The van der Waals surface area contributed by atoms with E-state index in [0.717, 1.165) is 5.56 Å². The molecule has 0 radical (unpaired) electrons. The molecule has 1 N–H and O–H groups in total. The second-order valence-corrected chi connectivity index (χ2v) is 5.26. The Labute approximate surface area is 104 Å². The van der Waals surface area contributed by atoms with E-state index in [2.05, 4.69) is 15.3 Å². The van der Waals surface area contributed by atoms with Crippen molar-refractivity contribution in [1.82, 2.24) is 20.1 Å². The van der Waals surface area contributed by atoms with Crippen LogP contribution in [0.5, 0.6) is 0 Å². The molecule has 2 aromatic rings. The van der Waals surface area contributed by atoms with E-state index in [1.165, 1.54) is 9.48 Å². The Kier molecular flexibility index (Phi) is 3.34. The minimum atomic E-state index is -3.97. The minimum absolute atomic E-state index is 0.0968. The molecule has 8 nitrogen and oxygen atoms in total. The number of nitrogens with zero attached hydrogens (tertiary/aromatic N) is 5. The Morgan fingerprint density at radius 2 is 2.22 bits per heavy atom. The van der Waals surface area contributed by atoms with Gasteiger partial charge in [-0.1, -0.05) is 4.68 Å². The van der Waals surface area contributed by atoms with Gasteiger partial charge in [0.2, 0.25) is 0 Å². The van der Waals surface area contributed by atoms with Crippen molar-refractivity contribution in [2.24, 2.45) is 7.05 Å². The van der Waals surface area contributed by atoms with E-state index in [4.69, 9.17) is 4.55 Å². The first-order chi connectivity index (χ1) is 8.44. The minimum Gasteiger partial charge on any atom is -0.285 e. The molecule has 0 fully saturated rings. The second kappa shape index (κ2) is 4.78. The lowest BCUT2D eigenvalue weighted by molar-refractivity contribution is -0.750. The highest BCUT2D eigenvalue weighted by atomic mass is 32.2. The summed E-state index contributed by atoms with van der Waals surface area (Å²) >= 11 is 0. The SMILES string of the molecule is Cn1ncc(-c2cc[n+](CCS(=O)(=O)O)nc2)n1. The normalized spacial score (nSPS) is 11.7. The quantitative estimate of drug-likeness (QED) is 0.568. The van der Waals surface area contributed by atoms with Gasteiger partial charge in [-0.15, -0.1) is 0 Å². The summed E-state index contributed by atoms with van der Waals surface area (Å²) in [6.45, 7) is 0.0968. The largest absolute Gasteiger partial charge is 0.285 e. The molecular weight excluding hydrogens is 258 g/mol. The molecule has 0 spiro atoms. The van der Waals surface area contributed by atoms with E-state index < -0.39 is 10.1 Å². The van der Waals surface area contributed by atoms with Gasteiger partial charge in [0.1, 0.15) is 17.6 Å². The smallest absolute Gasteiger partial charge is 0.271 e. The van der Waals surface area contributed by atoms with Crippen molar-refractivity contribution in [2.45, 2.75) is 6.54 Å². The zero-order valence-electron chi connectivity index (χ0n) is 9.63. The number of hydrogen-bond acceptors (Lipinski definition) is 5. The van der Waals surface area contributed by atoms with Crippen LogP contribution in [0.4, 0.5) is 0 Å². The van der Waals surface area contributed by atoms with Gasteiger partial charge in [0.25, 0.3) is 10.1 Å². The molecule has 0 aliphatic heterocycles. The predicted molar refractivity (Wildman–Crippen MR) is 60.8 cm³/mol. The summed E-state index contributed by atoms with van der Waals surface area (Å²) < 4.78 is 31.2. The molecular formula is C9H12N5O3S+. The molecule has 0 unspecified atom stereocenters. The van der Waals surface area contributed by atoms with Gasteiger partial charge in [-0.05, 0) is 5.10 Å². The van der Waals surface area contributed by atoms with E-state index in [1.807, 2.05) is 0 Å². The maximum absolute atomic E-state index is 10.6. The fraction of sp³-hybridized carbons (Fsp3) is 0.333. The Morgan fingerprint density at radius 3 is 2.72 bits per heavy atom. The van der Waals surface area contributed by atoms with Crippen molar-refractivity contribution in [3.05, 3.63) is 24.7 Å². The Balaban J connectivity index is 2.10. The third kappa shape index (κ3) is 3.31. The van der Waals surface area contributed by atoms with Crippen molar-refractivity contribution in [3.63, 3.8) is 0 Å². The first-order valence-corrected chi connectivity index (χ1v) is 6.72. The van der Waals surface area contributed by atoms with Crippen LogP contribution in [0.3, 0.4) is 0 Å². The molecule has 0 atom stereocenters. The monoisotopic (exact) mass is 270 g/mol. The van der Waals surface area contributed by atoms with Crippen LogP contribution in [0.25, 0.3) is 11.3 Å². The number of hydrogen-bond donors (Lipinski definition) is 1. The van der Waals surface area contributed by atoms with Gasteiger partial charge in [-0.2, -0.15) is 23.4 Å². The van der Waals surface area contributed by atoms with Gasteiger partial charge in [-0.25, -0.2) is 0 Å². The van der Waals surface area contributed by atoms with Gasteiger partial charge in [-0.3, -0.25) is 4.55 Å². The first-order valence-electron chi connectivity index (χ1n) is 5.12. The maximum Gasteiger partial charge on any atom is 0.271 e. The zero-order chi connectivity index (χ0) is 13.2. The molecule has 9 heteroatoms. The van der Waals surface area contributed by atoms with E-state index in [0.29, 0.717) is 5.69 Å². The molecule has 2 heterocycles. The van der Waals surface area contributed by atoms with Gasteiger partial charge in [0.05, 0.1) is 6.20 Å². The third-order valence-electron chi connectivity index (χ3n) is 2.24. The van der Waals surface area contributed by atoms with Crippen LogP contribution in [-0.2, 0) is 23.7 Å². The van der Waals surface area contributed by atoms with Crippen LogP contribution in [0, 0.1) is 0 Å². The maximum atomic E-state index is 10.6. The van der Waals surface area contributed by atoms with Crippen molar-refractivity contribution in [1.29, 1.82) is 0 Å². The van der Waals surface area contributed by atoms with Crippen LogP contribution in [-0.4, -0.2) is 38.8 Å². The summed E-state index contributed by atoms with van der Waals surface area (Å²) in [4.78, 5) is 1.44. The molecule has 0 saturated carbocycles. The molecule has 0 amide bonds. The number of aromatic nitrogens is 5. The third-order valence-corrected chi connectivity index (χ3v) is 2.94. The summed E-state index contributed by atoms with van der Waals surface area (Å²) in [6.07, 6.45) is 4.79. The average molecular weight is 270 g/mol. The molecule has 0 aromatic carbocycles. The summed E-state index contributed by atoms with van der Waals surface area (Å²) in [5.41, 5.74) is 1.47. The van der Waals surface area contributed by atoms with E-state index in [1.54, 1.807) is 31.7 Å². The first kappa shape index (κ1) is 12.6. The highest BCUT2D eigenvalue weighted by molar-refractivity contribution is 7.85. The van der Waals surface area contributed by atoms with E-state index >= 15 is 0 Å². The Hall–Kier alpha value is -1.87. The van der Waals surface area contributed by atoms with Crippen LogP contribution < -0.4 is 4.68 Å². The topological polar surface area (TPSA) is 102 Å². The second-order valence-electron chi connectivity index (χ2n) is 3.68. The lowest BCUT2D eigenvalue weighted by atomic mass is 10.2. The van der Waals surface area contributed by atoms with Crippen molar-refractivity contribution < 1.29 is 17.7 Å². The number of rotatable bonds is 4. The van der Waals surface area contributed by atoms with Crippen LogP contribution in [0.15, 0.2) is 24.7 Å². The zero-order valence-corrected chi connectivity index (χ0v) is 10.4. The molecule has 0 aliphatic rings. The van der Waals surface area contributed by atoms with Crippen LogP contribution in [0.1, 0.15) is 0 Å². The van der Waals surface area contributed by atoms with E-state index in [-0.39, 0.29) is 12.3 Å². The van der Waals surface area contributed by atoms with Gasteiger partial charge >= 0.3 is 0 Å². The molecule has 0 saturated heterocycles. The highest BCUT2D eigenvalue weighted by Gasteiger charge is 2.12. The van der Waals surface area contributed by atoms with Crippen LogP contribution >= 0.6 is 0 Å². The summed E-state index contributed by atoms with van der Waals surface area (Å²) in [6, 6.07) is 1.75. The Bertz CT molecular complexity index is 634. The Morgan fingerprint density at radius 1 is 1.44 bits per heavy atom. The fourth-order valence-corrected chi connectivity index (χ4v) is 1.77. The van der Waals surface area contributed by atoms with Gasteiger partial charge in [0.15, 0.2) is 12.7 Å². The predicted octanol–water partition coefficient (Wildman–Crippen LogP) is -0.948. The van der Waals surface area contributed by atoms with Crippen molar-refractivity contribution >= 4 is 10.1 Å².